The molecule has 3 aromatic rings. The quantitative estimate of drug-likeness (QED) is 0.722. The number of carbonyl (C=O) groups is 1. The van der Waals surface area contributed by atoms with Crippen LogP contribution >= 0.6 is 11.3 Å². The maximum Gasteiger partial charge on any atom is 0.328 e. The van der Waals surface area contributed by atoms with Gasteiger partial charge >= 0.3 is 5.69 Å². The standard InChI is InChI=1S/C16H14N4O3S/c21-14(18-8-11-3-1-5-17-7-11)13-9-19-16(23)20(15(13)22)10-12-4-2-6-24-12/h1-7,9H,8,10H2,(H,18,21)(H,19,23). The number of hydrogen-bond acceptors (Lipinski definition) is 5. The Morgan fingerprint density at radius 1 is 1.29 bits per heavy atom. The number of hydrogen-bond donors (Lipinski definition) is 2. The van der Waals surface area contributed by atoms with E-state index in [9.17, 15) is 14.4 Å². The molecule has 2 N–H and O–H groups in total. The second-order valence-corrected chi connectivity index (χ2v) is 6.05. The lowest BCUT2D eigenvalue weighted by molar-refractivity contribution is 0.0948. The lowest BCUT2D eigenvalue weighted by atomic mass is 10.2. The Morgan fingerprint density at radius 2 is 2.17 bits per heavy atom. The van der Waals surface area contributed by atoms with E-state index in [0.717, 1.165) is 21.2 Å². The lowest BCUT2D eigenvalue weighted by Gasteiger charge is -2.07. The number of thiophene rings is 1. The molecule has 3 aromatic heterocycles. The fraction of sp³-hybridized carbons (Fsp3) is 0.125. The molecule has 1 amide bonds. The fourth-order valence-electron chi connectivity index (χ4n) is 2.16. The molecule has 0 saturated carbocycles. The van der Waals surface area contributed by atoms with Crippen LogP contribution in [0, 0.1) is 0 Å². The number of nitrogens with zero attached hydrogens (tertiary/aromatic N) is 2. The van der Waals surface area contributed by atoms with Crippen LogP contribution in [-0.4, -0.2) is 20.4 Å². The van der Waals surface area contributed by atoms with Gasteiger partial charge in [-0.1, -0.05) is 12.1 Å². The molecule has 0 spiro atoms. The third-order valence-electron chi connectivity index (χ3n) is 3.38. The molecule has 0 bridgehead atoms. The smallest absolute Gasteiger partial charge is 0.328 e. The Balaban J connectivity index is 1.81. The monoisotopic (exact) mass is 342 g/mol. The number of aromatic nitrogens is 3. The van der Waals surface area contributed by atoms with Gasteiger partial charge in [0.05, 0.1) is 6.54 Å². The highest BCUT2D eigenvalue weighted by atomic mass is 32.1. The SMILES string of the molecule is O=C(NCc1cccnc1)c1c[nH]c(=O)n(Cc2cccs2)c1=O. The number of rotatable bonds is 5. The van der Waals surface area contributed by atoms with Crippen molar-refractivity contribution in [1.29, 1.82) is 0 Å². The molecule has 3 heterocycles. The molecule has 0 aliphatic carbocycles. The van der Waals surface area contributed by atoms with Crippen molar-refractivity contribution in [2.75, 3.05) is 0 Å². The van der Waals surface area contributed by atoms with Gasteiger partial charge in [-0.2, -0.15) is 0 Å². The van der Waals surface area contributed by atoms with Crippen molar-refractivity contribution in [3.05, 3.63) is 85.1 Å². The first-order chi connectivity index (χ1) is 11.6. The number of carbonyl (C=O) groups excluding carboxylic acids is 1. The van der Waals surface area contributed by atoms with Gasteiger partial charge in [0.1, 0.15) is 5.56 Å². The van der Waals surface area contributed by atoms with Crippen molar-refractivity contribution in [2.45, 2.75) is 13.1 Å². The van der Waals surface area contributed by atoms with Gasteiger partial charge in [-0.3, -0.25) is 19.1 Å². The number of H-pyrrole nitrogens is 1. The molecule has 3 rings (SSSR count). The van der Waals surface area contributed by atoms with E-state index in [0.29, 0.717) is 0 Å². The summed E-state index contributed by atoms with van der Waals surface area (Å²) < 4.78 is 1.02. The summed E-state index contributed by atoms with van der Waals surface area (Å²) in [6.45, 7) is 0.381. The molecule has 0 saturated heterocycles. The highest BCUT2D eigenvalue weighted by molar-refractivity contribution is 7.09. The van der Waals surface area contributed by atoms with Crippen molar-refractivity contribution >= 4 is 17.2 Å². The summed E-state index contributed by atoms with van der Waals surface area (Å²) in [5.74, 6) is -0.542. The largest absolute Gasteiger partial charge is 0.348 e. The molecule has 122 valence electrons. The van der Waals surface area contributed by atoms with Gasteiger partial charge in [0.2, 0.25) is 0 Å². The van der Waals surface area contributed by atoms with E-state index in [1.165, 1.54) is 11.3 Å². The Kier molecular flexibility index (Phi) is 4.66. The van der Waals surface area contributed by atoms with Crippen molar-refractivity contribution in [3.63, 3.8) is 0 Å². The zero-order valence-corrected chi connectivity index (χ0v) is 13.4. The Morgan fingerprint density at radius 3 is 2.88 bits per heavy atom. The minimum atomic E-state index is -0.615. The van der Waals surface area contributed by atoms with Crippen molar-refractivity contribution < 1.29 is 4.79 Å². The van der Waals surface area contributed by atoms with Crippen LogP contribution in [0.5, 0.6) is 0 Å². The second kappa shape index (κ2) is 7.05. The van der Waals surface area contributed by atoms with Gasteiger partial charge in [-0.05, 0) is 23.1 Å². The molecule has 0 atom stereocenters. The predicted octanol–water partition coefficient (Wildman–Crippen LogP) is 0.971. The van der Waals surface area contributed by atoms with Crippen LogP contribution in [-0.2, 0) is 13.1 Å². The first kappa shape index (κ1) is 15.9. The lowest BCUT2D eigenvalue weighted by Crippen LogP contribution is -2.40. The molecular weight excluding hydrogens is 328 g/mol. The zero-order chi connectivity index (χ0) is 16.9. The minimum absolute atomic E-state index is 0.102. The van der Waals surface area contributed by atoms with Crippen LogP contribution < -0.4 is 16.6 Å². The molecule has 7 nitrogen and oxygen atoms in total. The molecule has 8 heteroatoms. The zero-order valence-electron chi connectivity index (χ0n) is 12.6. The highest BCUT2D eigenvalue weighted by Crippen LogP contribution is 2.08. The molecule has 0 fully saturated rings. The maximum atomic E-state index is 12.4. The van der Waals surface area contributed by atoms with Gasteiger partial charge in [-0.15, -0.1) is 11.3 Å². The molecule has 0 aliphatic rings. The van der Waals surface area contributed by atoms with Crippen LogP contribution in [0.2, 0.25) is 0 Å². The summed E-state index contributed by atoms with van der Waals surface area (Å²) in [5.41, 5.74) is -0.447. The number of amides is 1. The molecule has 0 radical (unpaired) electrons. The van der Waals surface area contributed by atoms with Gasteiger partial charge in [0.25, 0.3) is 11.5 Å². The van der Waals surface area contributed by atoms with E-state index in [-0.39, 0.29) is 18.7 Å². The van der Waals surface area contributed by atoms with Gasteiger partial charge < -0.3 is 10.3 Å². The van der Waals surface area contributed by atoms with Gasteiger partial charge in [-0.25, -0.2) is 4.79 Å². The highest BCUT2D eigenvalue weighted by Gasteiger charge is 2.15. The van der Waals surface area contributed by atoms with Crippen LogP contribution in [0.4, 0.5) is 0 Å². The first-order valence-corrected chi connectivity index (χ1v) is 8.05. The Hall–Kier alpha value is -3.00. The fourth-order valence-corrected chi connectivity index (χ4v) is 2.85. The number of pyridine rings is 1. The normalized spacial score (nSPS) is 10.5. The third-order valence-corrected chi connectivity index (χ3v) is 4.24. The van der Waals surface area contributed by atoms with Crippen LogP contribution in [0.25, 0.3) is 0 Å². The van der Waals surface area contributed by atoms with Crippen LogP contribution in [0.3, 0.4) is 0 Å². The van der Waals surface area contributed by atoms with Gasteiger partial charge in [0, 0.05) is 30.0 Å². The van der Waals surface area contributed by atoms with Crippen LogP contribution in [0.15, 0.2) is 57.8 Å². The van der Waals surface area contributed by atoms with E-state index in [1.54, 1.807) is 18.5 Å². The summed E-state index contributed by atoms with van der Waals surface area (Å²) in [4.78, 5) is 43.8. The minimum Gasteiger partial charge on any atom is -0.348 e. The van der Waals surface area contributed by atoms with Crippen molar-refractivity contribution in [1.82, 2.24) is 19.9 Å². The first-order valence-electron chi connectivity index (χ1n) is 7.17. The summed E-state index contributed by atoms with van der Waals surface area (Å²) in [6.07, 6.45) is 4.41. The van der Waals surface area contributed by atoms with E-state index < -0.39 is 17.2 Å². The molecule has 0 unspecified atom stereocenters. The van der Waals surface area contributed by atoms with Gasteiger partial charge in [0.15, 0.2) is 0 Å². The molecule has 24 heavy (non-hydrogen) atoms. The van der Waals surface area contributed by atoms with E-state index >= 15 is 0 Å². The number of nitrogens with one attached hydrogen (secondary N) is 2. The topological polar surface area (TPSA) is 96.8 Å². The number of aromatic amines is 1. The summed E-state index contributed by atoms with van der Waals surface area (Å²) in [6, 6.07) is 7.24. The maximum absolute atomic E-state index is 12.4. The van der Waals surface area contributed by atoms with Crippen molar-refractivity contribution in [2.24, 2.45) is 0 Å². The second-order valence-electron chi connectivity index (χ2n) is 5.02. The third kappa shape index (κ3) is 3.49. The average Bonchev–Trinajstić information content (AvgIpc) is 3.11. The predicted molar refractivity (Wildman–Crippen MR) is 90.2 cm³/mol. The summed E-state index contributed by atoms with van der Waals surface area (Å²) in [5, 5.41) is 4.51. The molecule has 0 aliphatic heterocycles. The van der Waals surface area contributed by atoms with Crippen LogP contribution in [0.1, 0.15) is 20.8 Å². The van der Waals surface area contributed by atoms with E-state index in [4.69, 9.17) is 0 Å². The Bertz CT molecular complexity index is 945. The van der Waals surface area contributed by atoms with E-state index in [2.05, 4.69) is 15.3 Å². The van der Waals surface area contributed by atoms with Crippen molar-refractivity contribution in [3.8, 4) is 0 Å². The molecular formula is C16H14N4O3S. The summed E-state index contributed by atoms with van der Waals surface area (Å²) >= 11 is 1.44. The average molecular weight is 342 g/mol. The summed E-state index contributed by atoms with van der Waals surface area (Å²) in [7, 11) is 0. The van der Waals surface area contributed by atoms with E-state index in [1.807, 2.05) is 23.6 Å². The Labute approximate surface area is 140 Å². The molecule has 0 aromatic carbocycles.